The standard InChI is InChI=1S/C66H109N5O16Si2/c1-41(2)36-51(67-59(73)58(43(5)6)85-55(72)38-54(87-89(44(7)8,45(9)10)46(11)12)56(42(3)4)68-64(78)82-39-49-26-23-22-24-27-49)60(74)71-33-25-28-52(71)61(75)70(17)53(37-48-29-31-50(80-18)32-30-48)62(76)84-47(13)57(69-65(79)86-66(14,15)16)63(77)83-40-81-34-35-88(19,20)21/h22-24,26-27,29-32,41-47,51-54,56-58H,25,28,33-40H2,1-21H3,(H,67,73)(H,68,78)(H,69,79)/t47-,51+,52+,53+,54+,56-,57+,58+/m1/s1. The molecule has 21 nitrogen and oxygen atoms in total. The van der Waals surface area contributed by atoms with E-state index < -0.39 is 131 Å². The molecule has 1 aliphatic rings. The van der Waals surface area contributed by atoms with Crippen LogP contribution < -0.4 is 20.7 Å². The van der Waals surface area contributed by atoms with Crippen LogP contribution in [0, 0.1) is 17.8 Å². The molecule has 0 bridgehead atoms. The number of hydrogen-bond donors (Lipinski definition) is 3. The van der Waals surface area contributed by atoms with Crippen molar-refractivity contribution in [1.82, 2.24) is 25.8 Å². The lowest BCUT2D eigenvalue weighted by Gasteiger charge is -2.46. The lowest BCUT2D eigenvalue weighted by Crippen LogP contribution is -2.58. The van der Waals surface area contributed by atoms with Crippen molar-refractivity contribution < 1.29 is 75.9 Å². The zero-order valence-electron chi connectivity index (χ0n) is 57.3. The zero-order chi connectivity index (χ0) is 67.3. The van der Waals surface area contributed by atoms with E-state index in [9.17, 15) is 28.8 Å². The number of likely N-dealkylation sites (N-methyl/N-ethyl adjacent to an activating group) is 1. The molecule has 89 heavy (non-hydrogen) atoms. The minimum absolute atomic E-state index is 0.0321. The molecule has 23 heteroatoms. The molecule has 3 rings (SSSR count). The van der Waals surface area contributed by atoms with Crippen molar-refractivity contribution in [1.29, 1.82) is 0 Å². The van der Waals surface area contributed by atoms with E-state index in [1.165, 1.54) is 30.9 Å². The van der Waals surface area contributed by atoms with Crippen molar-refractivity contribution in [3.05, 3.63) is 65.7 Å². The molecule has 0 unspecified atom stereocenters. The largest absolute Gasteiger partial charge is 0.497 e. The molecule has 5 amide bonds. The average molecular weight is 1280 g/mol. The minimum atomic E-state index is -2.74. The predicted molar refractivity (Wildman–Crippen MR) is 347 cm³/mol. The van der Waals surface area contributed by atoms with Gasteiger partial charge in [-0.1, -0.05) is 145 Å². The van der Waals surface area contributed by atoms with Gasteiger partial charge in [-0.3, -0.25) is 19.2 Å². The number of likely N-dealkylation sites (tertiary alicyclic amines) is 1. The summed E-state index contributed by atoms with van der Waals surface area (Å²) in [7, 11) is -1.25. The van der Waals surface area contributed by atoms with Gasteiger partial charge >= 0.3 is 30.1 Å². The first-order valence-electron chi connectivity index (χ1n) is 31.7. The van der Waals surface area contributed by atoms with Gasteiger partial charge in [0.2, 0.25) is 20.1 Å². The van der Waals surface area contributed by atoms with Gasteiger partial charge in [0.15, 0.2) is 18.9 Å². The minimum Gasteiger partial charge on any atom is -0.497 e. The van der Waals surface area contributed by atoms with E-state index in [2.05, 4.69) is 77.1 Å². The Bertz CT molecular complexity index is 2570. The zero-order valence-corrected chi connectivity index (χ0v) is 59.3. The molecule has 2 aromatic rings. The highest BCUT2D eigenvalue weighted by molar-refractivity contribution is 6.77. The smallest absolute Gasteiger partial charge is 0.408 e. The molecule has 502 valence electrons. The first-order chi connectivity index (χ1) is 41.4. The lowest BCUT2D eigenvalue weighted by molar-refractivity contribution is -0.169. The summed E-state index contributed by atoms with van der Waals surface area (Å²) in [5.74, 6) is -4.84. The molecule has 8 atom stereocenters. The van der Waals surface area contributed by atoms with Gasteiger partial charge in [0.1, 0.15) is 42.2 Å². The number of esters is 3. The summed E-state index contributed by atoms with van der Waals surface area (Å²) in [5.41, 5.74) is 0.820. The molecule has 2 aromatic carbocycles. The van der Waals surface area contributed by atoms with E-state index in [-0.39, 0.29) is 67.3 Å². The third-order valence-corrected chi connectivity index (χ3v) is 23.8. The number of carbonyl (C=O) groups excluding carboxylic acids is 8. The Balaban J connectivity index is 1.97. The third-order valence-electron chi connectivity index (χ3n) is 16.0. The Hall–Kier alpha value is -6.05. The Labute approximate surface area is 532 Å². The van der Waals surface area contributed by atoms with E-state index in [0.717, 1.165) is 11.6 Å². The quantitative estimate of drug-likeness (QED) is 0.0194. The third kappa shape index (κ3) is 24.6. The van der Waals surface area contributed by atoms with Crippen molar-refractivity contribution >= 4 is 64.2 Å². The maximum absolute atomic E-state index is 15.0. The van der Waals surface area contributed by atoms with Crippen molar-refractivity contribution in [2.45, 2.75) is 246 Å². The highest BCUT2D eigenvalue weighted by Crippen LogP contribution is 2.44. The summed E-state index contributed by atoms with van der Waals surface area (Å²) in [4.78, 5) is 117. The fourth-order valence-corrected chi connectivity index (χ4v) is 17.6. The molecule has 0 spiro atoms. The molecule has 1 saturated heterocycles. The molecule has 1 fully saturated rings. The van der Waals surface area contributed by atoms with Crippen molar-refractivity contribution in [3.8, 4) is 5.75 Å². The Kier molecular flexibility index (Phi) is 30.8. The second-order valence-corrected chi connectivity index (χ2v) is 38.8. The van der Waals surface area contributed by atoms with Gasteiger partial charge in [0.05, 0.1) is 25.7 Å². The summed E-state index contributed by atoms with van der Waals surface area (Å²) < 4.78 is 46.9. The van der Waals surface area contributed by atoms with Gasteiger partial charge in [-0.2, -0.15) is 0 Å². The normalized spacial score (nSPS) is 16.3. The van der Waals surface area contributed by atoms with E-state index >= 15 is 9.59 Å². The number of methoxy groups -OCH3 is 1. The number of benzene rings is 2. The van der Waals surface area contributed by atoms with Crippen LogP contribution in [-0.4, -0.2) is 162 Å². The predicted octanol–water partition coefficient (Wildman–Crippen LogP) is 10.7. The summed E-state index contributed by atoms with van der Waals surface area (Å²) in [6, 6.07) is 11.1. The highest BCUT2D eigenvalue weighted by Gasteiger charge is 2.49. The number of carbonyl (C=O) groups is 8. The van der Waals surface area contributed by atoms with Gasteiger partial charge in [-0.25, -0.2) is 19.2 Å². The summed E-state index contributed by atoms with van der Waals surface area (Å²) in [6.07, 6.45) is -4.82. The highest BCUT2D eigenvalue weighted by atomic mass is 28.4. The van der Waals surface area contributed by atoms with E-state index in [0.29, 0.717) is 24.3 Å². The molecule has 0 aliphatic carbocycles. The monoisotopic (exact) mass is 1280 g/mol. The molecular weight excluding hydrogens is 1170 g/mol. The lowest BCUT2D eigenvalue weighted by atomic mass is 9.96. The second-order valence-electron chi connectivity index (χ2n) is 27.8. The Morgan fingerprint density at radius 2 is 1.33 bits per heavy atom. The Morgan fingerprint density at radius 3 is 1.85 bits per heavy atom. The van der Waals surface area contributed by atoms with Gasteiger partial charge in [0, 0.05) is 34.7 Å². The maximum Gasteiger partial charge on any atom is 0.408 e. The summed E-state index contributed by atoms with van der Waals surface area (Å²) in [5, 5.41) is 8.41. The van der Waals surface area contributed by atoms with Crippen LogP contribution in [0.4, 0.5) is 9.59 Å². The molecule has 1 heterocycles. The maximum atomic E-state index is 15.0. The number of alkyl carbamates (subject to hydrolysis) is 2. The van der Waals surface area contributed by atoms with Crippen LogP contribution in [0.5, 0.6) is 5.75 Å². The number of ether oxygens (including phenoxy) is 7. The summed E-state index contributed by atoms with van der Waals surface area (Å²) in [6.45, 7) is 36.9. The molecular formula is C66H109N5O16Si2. The first-order valence-corrected chi connectivity index (χ1v) is 37.6. The van der Waals surface area contributed by atoms with Crippen LogP contribution in [0.2, 0.25) is 42.3 Å². The molecule has 0 saturated carbocycles. The number of nitrogens with one attached hydrogen (secondary N) is 3. The van der Waals surface area contributed by atoms with Crippen LogP contribution in [0.15, 0.2) is 54.6 Å². The van der Waals surface area contributed by atoms with Crippen LogP contribution in [0.1, 0.15) is 148 Å². The fourth-order valence-electron chi connectivity index (χ4n) is 11.3. The number of hydrogen-bond acceptors (Lipinski definition) is 16. The van der Waals surface area contributed by atoms with Crippen LogP contribution in [0.25, 0.3) is 0 Å². The molecule has 1 aliphatic heterocycles. The molecule has 0 radical (unpaired) electrons. The van der Waals surface area contributed by atoms with Crippen molar-refractivity contribution in [2.24, 2.45) is 17.8 Å². The van der Waals surface area contributed by atoms with Gasteiger partial charge in [-0.05, 0) is 111 Å². The van der Waals surface area contributed by atoms with Crippen LogP contribution in [-0.2, 0) is 74.6 Å². The number of rotatable bonds is 34. The first kappa shape index (κ1) is 77.2. The van der Waals surface area contributed by atoms with E-state index in [4.69, 9.17) is 37.6 Å². The molecule has 0 aromatic heterocycles. The van der Waals surface area contributed by atoms with Crippen LogP contribution >= 0.6 is 0 Å². The average Bonchev–Trinajstić information content (AvgIpc) is 1.81. The fraction of sp³-hybridized carbons (Fsp3) is 0.697. The number of amides is 5. The topological polar surface area (TPSA) is 253 Å². The second kappa shape index (κ2) is 35.5. The van der Waals surface area contributed by atoms with Crippen LogP contribution in [0.3, 0.4) is 0 Å². The van der Waals surface area contributed by atoms with Crippen molar-refractivity contribution in [3.63, 3.8) is 0 Å². The van der Waals surface area contributed by atoms with E-state index in [1.54, 1.807) is 58.9 Å². The van der Waals surface area contributed by atoms with Crippen molar-refractivity contribution in [2.75, 3.05) is 34.1 Å². The SMILES string of the molecule is COc1ccc(C[C@@H](C(=O)O[C@H](C)[C@H](NC(=O)OC(C)(C)C)C(=O)OCOCC[Si](C)(C)C)N(C)C(=O)[C@@H]2CCCN2C(=O)[C@H](CC(C)C)NC(=O)[C@@H](OC(=O)C[C@H](O[Si](C(C)C)(C(C)C)C(C)C)[C@H](NC(=O)OCc2ccccc2)C(C)C)C(C)C)cc1. The van der Waals surface area contributed by atoms with Gasteiger partial charge in [-0.15, -0.1) is 0 Å². The number of nitrogens with zero attached hydrogens (tertiary/aromatic N) is 2. The summed E-state index contributed by atoms with van der Waals surface area (Å²) >= 11 is 0. The van der Waals surface area contributed by atoms with Gasteiger partial charge < -0.3 is 63.3 Å². The van der Waals surface area contributed by atoms with Gasteiger partial charge in [0.25, 0.3) is 5.91 Å². The molecule has 3 N–H and O–H groups in total. The Morgan fingerprint density at radius 1 is 0.719 bits per heavy atom. The van der Waals surface area contributed by atoms with E-state index in [1.807, 2.05) is 58.0 Å².